The topological polar surface area (TPSA) is 68.0 Å². The number of halogens is 1. The molecule has 0 aliphatic rings. The Morgan fingerprint density at radius 2 is 2.29 bits per heavy atom. The van der Waals surface area contributed by atoms with Gasteiger partial charge in [0.25, 0.3) is 5.91 Å². The second-order valence-corrected chi connectivity index (χ2v) is 5.25. The van der Waals surface area contributed by atoms with Crippen LogP contribution in [-0.2, 0) is 0 Å². The molecule has 0 spiro atoms. The standard InChI is InChI=1S/C11H10BrN3OS/c1-6-2-3-8(7(12)4-6)14-10(16)9-5-17-11(13)15-9/h2-5H,1H3,(H2,13,15)(H,14,16). The van der Waals surface area contributed by atoms with Crippen LogP contribution in [0.2, 0.25) is 0 Å². The first-order valence-corrected chi connectivity index (χ1v) is 6.52. The third-order valence-corrected chi connectivity index (χ3v) is 3.46. The number of nitrogens with zero attached hydrogens (tertiary/aromatic N) is 1. The fourth-order valence-electron chi connectivity index (χ4n) is 1.30. The van der Waals surface area contributed by atoms with Crippen LogP contribution in [-0.4, -0.2) is 10.9 Å². The Morgan fingerprint density at radius 1 is 1.53 bits per heavy atom. The normalized spacial score (nSPS) is 10.2. The Balaban J connectivity index is 2.18. The number of aryl methyl sites for hydroxylation is 1. The fourth-order valence-corrected chi connectivity index (χ4v) is 2.44. The number of amides is 1. The van der Waals surface area contributed by atoms with Gasteiger partial charge in [0.1, 0.15) is 5.69 Å². The number of thiazole rings is 1. The van der Waals surface area contributed by atoms with E-state index in [1.165, 1.54) is 11.3 Å². The van der Waals surface area contributed by atoms with Crippen molar-refractivity contribution in [3.05, 3.63) is 39.3 Å². The van der Waals surface area contributed by atoms with E-state index in [0.717, 1.165) is 10.0 Å². The summed E-state index contributed by atoms with van der Waals surface area (Å²) in [4.78, 5) is 15.7. The third kappa shape index (κ3) is 2.83. The molecule has 88 valence electrons. The van der Waals surface area contributed by atoms with Crippen LogP contribution in [0.3, 0.4) is 0 Å². The second-order valence-electron chi connectivity index (χ2n) is 3.51. The first kappa shape index (κ1) is 12.1. The number of rotatable bonds is 2. The summed E-state index contributed by atoms with van der Waals surface area (Å²) in [5.74, 6) is -0.262. The summed E-state index contributed by atoms with van der Waals surface area (Å²) in [6.07, 6.45) is 0. The molecule has 1 amide bonds. The van der Waals surface area contributed by atoms with Gasteiger partial charge in [-0.15, -0.1) is 11.3 Å². The molecule has 1 aromatic carbocycles. The van der Waals surface area contributed by atoms with E-state index in [1.54, 1.807) is 5.38 Å². The predicted molar refractivity (Wildman–Crippen MR) is 73.4 cm³/mol. The number of carbonyl (C=O) groups excluding carboxylic acids is 1. The molecule has 0 aliphatic heterocycles. The van der Waals surface area contributed by atoms with Crippen molar-refractivity contribution in [2.75, 3.05) is 11.1 Å². The molecule has 4 nitrogen and oxygen atoms in total. The van der Waals surface area contributed by atoms with Crippen LogP contribution in [0.15, 0.2) is 28.1 Å². The molecule has 0 atom stereocenters. The van der Waals surface area contributed by atoms with Crippen molar-refractivity contribution in [3.8, 4) is 0 Å². The summed E-state index contributed by atoms with van der Waals surface area (Å²) in [6.45, 7) is 1.98. The van der Waals surface area contributed by atoms with Gasteiger partial charge in [0.2, 0.25) is 0 Å². The lowest BCUT2D eigenvalue weighted by Gasteiger charge is -2.06. The van der Waals surface area contributed by atoms with E-state index >= 15 is 0 Å². The summed E-state index contributed by atoms with van der Waals surface area (Å²) < 4.78 is 0.842. The molecule has 0 radical (unpaired) electrons. The zero-order valence-corrected chi connectivity index (χ0v) is 11.4. The van der Waals surface area contributed by atoms with Crippen LogP contribution in [0.25, 0.3) is 0 Å². The summed E-state index contributed by atoms with van der Waals surface area (Å²) in [6, 6.07) is 5.70. The van der Waals surface area contributed by atoms with Gasteiger partial charge < -0.3 is 11.1 Å². The molecule has 1 aromatic heterocycles. The van der Waals surface area contributed by atoms with E-state index in [0.29, 0.717) is 16.5 Å². The van der Waals surface area contributed by atoms with Crippen molar-refractivity contribution in [1.82, 2.24) is 4.98 Å². The summed E-state index contributed by atoms with van der Waals surface area (Å²) in [5.41, 5.74) is 7.64. The molecule has 0 aliphatic carbocycles. The highest BCUT2D eigenvalue weighted by Crippen LogP contribution is 2.24. The highest BCUT2D eigenvalue weighted by atomic mass is 79.9. The summed E-state index contributed by atoms with van der Waals surface area (Å²) in [7, 11) is 0. The number of nitrogens with one attached hydrogen (secondary N) is 1. The van der Waals surface area contributed by atoms with Gasteiger partial charge in [0.15, 0.2) is 5.13 Å². The van der Waals surface area contributed by atoms with Crippen molar-refractivity contribution < 1.29 is 4.79 Å². The van der Waals surface area contributed by atoms with Crippen LogP contribution in [0.4, 0.5) is 10.8 Å². The smallest absolute Gasteiger partial charge is 0.275 e. The lowest BCUT2D eigenvalue weighted by atomic mass is 10.2. The van der Waals surface area contributed by atoms with Crippen molar-refractivity contribution in [1.29, 1.82) is 0 Å². The first-order chi connectivity index (χ1) is 8.06. The number of anilines is 2. The van der Waals surface area contributed by atoms with Crippen LogP contribution < -0.4 is 11.1 Å². The number of hydrogen-bond donors (Lipinski definition) is 2. The molecule has 6 heteroatoms. The van der Waals surface area contributed by atoms with E-state index in [4.69, 9.17) is 5.73 Å². The van der Waals surface area contributed by atoms with E-state index in [9.17, 15) is 4.79 Å². The highest BCUT2D eigenvalue weighted by Gasteiger charge is 2.11. The van der Waals surface area contributed by atoms with Gasteiger partial charge in [0.05, 0.1) is 5.69 Å². The Hall–Kier alpha value is -1.40. The van der Waals surface area contributed by atoms with Gasteiger partial charge in [0, 0.05) is 9.85 Å². The zero-order chi connectivity index (χ0) is 12.4. The molecule has 0 bridgehead atoms. The molecule has 2 rings (SSSR count). The fraction of sp³-hybridized carbons (Fsp3) is 0.0909. The summed E-state index contributed by atoms with van der Waals surface area (Å²) >= 11 is 4.64. The second kappa shape index (κ2) is 4.85. The van der Waals surface area contributed by atoms with Crippen molar-refractivity contribution in [2.45, 2.75) is 6.92 Å². The van der Waals surface area contributed by atoms with Gasteiger partial charge in [-0.05, 0) is 40.5 Å². The number of benzene rings is 1. The molecule has 0 unspecified atom stereocenters. The number of hydrogen-bond acceptors (Lipinski definition) is 4. The average Bonchev–Trinajstić information content (AvgIpc) is 2.69. The van der Waals surface area contributed by atoms with E-state index in [2.05, 4.69) is 26.2 Å². The monoisotopic (exact) mass is 311 g/mol. The minimum atomic E-state index is -0.262. The molecule has 0 saturated heterocycles. The van der Waals surface area contributed by atoms with Crippen molar-refractivity contribution in [2.24, 2.45) is 0 Å². The van der Waals surface area contributed by atoms with Gasteiger partial charge in [-0.25, -0.2) is 4.98 Å². The number of aromatic nitrogens is 1. The van der Waals surface area contributed by atoms with Gasteiger partial charge in [-0.2, -0.15) is 0 Å². The van der Waals surface area contributed by atoms with Crippen molar-refractivity contribution in [3.63, 3.8) is 0 Å². The van der Waals surface area contributed by atoms with Gasteiger partial charge in [-0.1, -0.05) is 6.07 Å². The van der Waals surface area contributed by atoms with Gasteiger partial charge in [-0.3, -0.25) is 4.79 Å². The Bertz CT molecular complexity index is 568. The maximum absolute atomic E-state index is 11.8. The highest BCUT2D eigenvalue weighted by molar-refractivity contribution is 9.10. The number of carbonyl (C=O) groups is 1. The van der Waals surface area contributed by atoms with Crippen LogP contribution in [0.1, 0.15) is 16.1 Å². The quantitative estimate of drug-likeness (QED) is 0.895. The molecule has 3 N–H and O–H groups in total. The van der Waals surface area contributed by atoms with E-state index < -0.39 is 0 Å². The van der Waals surface area contributed by atoms with Gasteiger partial charge >= 0.3 is 0 Å². The Labute approximate surface area is 111 Å². The maximum Gasteiger partial charge on any atom is 0.275 e. The molecule has 0 fully saturated rings. The SMILES string of the molecule is Cc1ccc(NC(=O)c2csc(N)n2)c(Br)c1. The third-order valence-electron chi connectivity index (χ3n) is 2.13. The molecule has 2 aromatic rings. The van der Waals surface area contributed by atoms with E-state index in [-0.39, 0.29) is 5.91 Å². The molecule has 0 saturated carbocycles. The Morgan fingerprint density at radius 3 is 2.88 bits per heavy atom. The zero-order valence-electron chi connectivity index (χ0n) is 9.03. The average molecular weight is 312 g/mol. The lowest BCUT2D eigenvalue weighted by molar-refractivity contribution is 0.102. The number of nitrogens with two attached hydrogens (primary N) is 1. The van der Waals surface area contributed by atoms with E-state index in [1.807, 2.05) is 25.1 Å². The molecular weight excluding hydrogens is 302 g/mol. The molecule has 1 heterocycles. The minimum Gasteiger partial charge on any atom is -0.375 e. The molecular formula is C11H10BrN3OS. The van der Waals surface area contributed by atoms with Crippen LogP contribution >= 0.6 is 27.3 Å². The molecule has 17 heavy (non-hydrogen) atoms. The minimum absolute atomic E-state index is 0.262. The maximum atomic E-state index is 11.8. The largest absolute Gasteiger partial charge is 0.375 e. The van der Waals surface area contributed by atoms with Crippen molar-refractivity contribution >= 4 is 44.0 Å². The number of nitrogen functional groups attached to an aromatic ring is 1. The van der Waals surface area contributed by atoms with Crippen LogP contribution in [0.5, 0.6) is 0 Å². The first-order valence-electron chi connectivity index (χ1n) is 4.85. The predicted octanol–water partition coefficient (Wildman–Crippen LogP) is 3.05. The van der Waals surface area contributed by atoms with Crippen LogP contribution in [0, 0.1) is 6.92 Å². The summed E-state index contributed by atoms with van der Waals surface area (Å²) in [5, 5.41) is 4.79. The lowest BCUT2D eigenvalue weighted by Crippen LogP contribution is -2.12. The Kier molecular flexibility index (Phi) is 3.44.